The lowest BCUT2D eigenvalue weighted by Crippen LogP contribution is -2.08. The van der Waals surface area contributed by atoms with Gasteiger partial charge in [-0.3, -0.25) is 0 Å². The topological polar surface area (TPSA) is 63.1 Å². The molecule has 0 radical (unpaired) electrons. The fourth-order valence-electron chi connectivity index (χ4n) is 1.04. The number of carboxylic acid groups (broad SMARTS) is 1. The van der Waals surface area contributed by atoms with Gasteiger partial charge in [0.1, 0.15) is 0 Å². The van der Waals surface area contributed by atoms with Gasteiger partial charge in [-0.2, -0.15) is 10.2 Å². The molecule has 0 aliphatic carbocycles. The summed E-state index contributed by atoms with van der Waals surface area (Å²) in [6, 6.07) is 0. The smallest absolute Gasteiger partial charge is 0.337 e. The first-order chi connectivity index (χ1) is 5.54. The molecule has 64 valence electrons. The van der Waals surface area contributed by atoms with Gasteiger partial charge in [-0.25, -0.2) is 4.79 Å². The average molecular weight is 166 g/mol. The first-order valence-corrected chi connectivity index (χ1v) is 3.57. The van der Waals surface area contributed by atoms with Crippen molar-refractivity contribution < 1.29 is 9.90 Å². The van der Waals surface area contributed by atoms with Crippen LogP contribution < -0.4 is 0 Å². The molecule has 0 aliphatic rings. The van der Waals surface area contributed by atoms with Gasteiger partial charge in [-0.1, -0.05) is 0 Å². The number of aromatic nitrogens is 2. The number of hydrogen-bond acceptors (Lipinski definition) is 3. The zero-order chi connectivity index (χ0) is 9.30. The van der Waals surface area contributed by atoms with Gasteiger partial charge in [0.25, 0.3) is 0 Å². The van der Waals surface area contributed by atoms with E-state index in [0.29, 0.717) is 17.0 Å². The van der Waals surface area contributed by atoms with Crippen LogP contribution in [0.3, 0.4) is 0 Å². The molecule has 0 saturated heterocycles. The fraction of sp³-hybridized carbons (Fsp3) is 0.375. The molecular weight excluding hydrogens is 156 g/mol. The summed E-state index contributed by atoms with van der Waals surface area (Å²) in [5.41, 5.74) is 2.08. The van der Waals surface area contributed by atoms with Crippen molar-refractivity contribution in [2.75, 3.05) is 0 Å². The van der Waals surface area contributed by atoms with Crippen LogP contribution in [0.2, 0.25) is 0 Å². The standard InChI is InChI=1S/C8H10N2O2/c1-4-5(2)9-10-6(3)7(4)8(11)12/h1-3H3,(H,11,12). The van der Waals surface area contributed by atoms with E-state index in [4.69, 9.17) is 5.11 Å². The molecule has 1 rings (SSSR count). The highest BCUT2D eigenvalue weighted by Crippen LogP contribution is 2.12. The Morgan fingerprint density at radius 1 is 1.17 bits per heavy atom. The molecule has 0 atom stereocenters. The number of aryl methyl sites for hydroxylation is 2. The summed E-state index contributed by atoms with van der Waals surface area (Å²) in [6.07, 6.45) is 0. The lowest BCUT2D eigenvalue weighted by molar-refractivity contribution is 0.0694. The van der Waals surface area contributed by atoms with Crippen LogP contribution in [0, 0.1) is 20.8 Å². The molecule has 0 amide bonds. The predicted octanol–water partition coefficient (Wildman–Crippen LogP) is 1.10. The van der Waals surface area contributed by atoms with E-state index in [1.165, 1.54) is 0 Å². The normalized spacial score (nSPS) is 9.92. The highest BCUT2D eigenvalue weighted by molar-refractivity contribution is 5.90. The van der Waals surface area contributed by atoms with Crippen molar-refractivity contribution in [2.45, 2.75) is 20.8 Å². The van der Waals surface area contributed by atoms with Crippen molar-refractivity contribution in [3.05, 3.63) is 22.5 Å². The second-order valence-corrected chi connectivity index (χ2v) is 2.68. The third-order valence-corrected chi connectivity index (χ3v) is 1.84. The maximum Gasteiger partial charge on any atom is 0.337 e. The molecular formula is C8H10N2O2. The molecule has 0 aromatic carbocycles. The Bertz CT molecular complexity index is 334. The largest absolute Gasteiger partial charge is 0.478 e. The van der Waals surface area contributed by atoms with Crippen LogP contribution in [0.5, 0.6) is 0 Å². The summed E-state index contributed by atoms with van der Waals surface area (Å²) in [5, 5.41) is 16.3. The lowest BCUT2D eigenvalue weighted by atomic mass is 10.1. The zero-order valence-corrected chi connectivity index (χ0v) is 7.25. The Morgan fingerprint density at radius 2 is 1.67 bits per heavy atom. The van der Waals surface area contributed by atoms with Gasteiger partial charge >= 0.3 is 5.97 Å². The summed E-state index contributed by atoms with van der Waals surface area (Å²) >= 11 is 0. The maximum atomic E-state index is 10.7. The maximum absolute atomic E-state index is 10.7. The summed E-state index contributed by atoms with van der Waals surface area (Å²) in [5.74, 6) is -0.942. The Kier molecular flexibility index (Phi) is 2.08. The molecule has 12 heavy (non-hydrogen) atoms. The van der Waals surface area contributed by atoms with E-state index in [9.17, 15) is 4.79 Å². The Morgan fingerprint density at radius 3 is 2.08 bits per heavy atom. The quantitative estimate of drug-likeness (QED) is 0.678. The minimum Gasteiger partial charge on any atom is -0.478 e. The number of aromatic carboxylic acids is 1. The van der Waals surface area contributed by atoms with Gasteiger partial charge < -0.3 is 5.11 Å². The van der Waals surface area contributed by atoms with Crippen molar-refractivity contribution in [1.29, 1.82) is 0 Å². The molecule has 0 aliphatic heterocycles. The van der Waals surface area contributed by atoms with Crippen molar-refractivity contribution in [1.82, 2.24) is 10.2 Å². The fourth-order valence-corrected chi connectivity index (χ4v) is 1.04. The molecule has 0 spiro atoms. The van der Waals surface area contributed by atoms with Crippen LogP contribution in [-0.2, 0) is 0 Å². The van der Waals surface area contributed by atoms with E-state index in [1.54, 1.807) is 20.8 Å². The van der Waals surface area contributed by atoms with Gasteiger partial charge in [-0.15, -0.1) is 0 Å². The number of carboxylic acids is 1. The first kappa shape index (κ1) is 8.64. The van der Waals surface area contributed by atoms with Gasteiger partial charge in [0, 0.05) is 0 Å². The Labute approximate surface area is 70.3 Å². The van der Waals surface area contributed by atoms with Crippen LogP contribution in [0.4, 0.5) is 0 Å². The molecule has 0 unspecified atom stereocenters. The number of carbonyl (C=O) groups is 1. The monoisotopic (exact) mass is 166 g/mol. The van der Waals surface area contributed by atoms with Gasteiger partial charge in [0.2, 0.25) is 0 Å². The molecule has 4 heteroatoms. The highest BCUT2D eigenvalue weighted by Gasteiger charge is 2.13. The molecule has 0 fully saturated rings. The van der Waals surface area contributed by atoms with E-state index in [2.05, 4.69) is 10.2 Å². The predicted molar refractivity (Wildman–Crippen MR) is 43.2 cm³/mol. The molecule has 0 saturated carbocycles. The van der Waals surface area contributed by atoms with Crippen LogP contribution >= 0.6 is 0 Å². The third-order valence-electron chi connectivity index (χ3n) is 1.84. The highest BCUT2D eigenvalue weighted by atomic mass is 16.4. The van der Waals surface area contributed by atoms with Crippen LogP contribution in [0.15, 0.2) is 0 Å². The minimum absolute atomic E-state index is 0.266. The average Bonchev–Trinajstić information content (AvgIpc) is 1.97. The molecule has 0 bridgehead atoms. The van der Waals surface area contributed by atoms with E-state index in [1.807, 2.05) is 0 Å². The van der Waals surface area contributed by atoms with Crippen molar-refractivity contribution in [3.63, 3.8) is 0 Å². The van der Waals surface area contributed by atoms with E-state index >= 15 is 0 Å². The lowest BCUT2D eigenvalue weighted by Gasteiger charge is -2.04. The Hall–Kier alpha value is -1.45. The van der Waals surface area contributed by atoms with Gasteiger partial charge in [0.05, 0.1) is 17.0 Å². The Balaban J connectivity index is 3.43. The first-order valence-electron chi connectivity index (χ1n) is 3.57. The molecule has 1 N–H and O–H groups in total. The van der Waals surface area contributed by atoms with Crippen molar-refractivity contribution in [2.24, 2.45) is 0 Å². The van der Waals surface area contributed by atoms with Crippen molar-refractivity contribution >= 4 is 5.97 Å². The molecule has 1 aromatic heterocycles. The summed E-state index contributed by atoms with van der Waals surface area (Å²) in [6.45, 7) is 5.12. The SMILES string of the molecule is Cc1nnc(C)c(C(=O)O)c1C. The summed E-state index contributed by atoms with van der Waals surface area (Å²) < 4.78 is 0. The van der Waals surface area contributed by atoms with E-state index in [-0.39, 0.29) is 5.56 Å². The van der Waals surface area contributed by atoms with Gasteiger partial charge in [-0.05, 0) is 26.3 Å². The zero-order valence-electron chi connectivity index (χ0n) is 7.25. The minimum atomic E-state index is -0.942. The van der Waals surface area contributed by atoms with Gasteiger partial charge in [0.15, 0.2) is 0 Å². The van der Waals surface area contributed by atoms with E-state index < -0.39 is 5.97 Å². The van der Waals surface area contributed by atoms with Crippen LogP contribution in [0.1, 0.15) is 27.3 Å². The summed E-state index contributed by atoms with van der Waals surface area (Å²) in [4.78, 5) is 10.7. The summed E-state index contributed by atoms with van der Waals surface area (Å²) in [7, 11) is 0. The molecule has 1 heterocycles. The second-order valence-electron chi connectivity index (χ2n) is 2.68. The molecule has 4 nitrogen and oxygen atoms in total. The van der Waals surface area contributed by atoms with Crippen LogP contribution in [0.25, 0.3) is 0 Å². The number of rotatable bonds is 1. The third kappa shape index (κ3) is 1.28. The molecule has 1 aromatic rings. The van der Waals surface area contributed by atoms with Crippen molar-refractivity contribution in [3.8, 4) is 0 Å². The number of hydrogen-bond donors (Lipinski definition) is 1. The number of nitrogens with zero attached hydrogens (tertiary/aromatic N) is 2. The second kappa shape index (κ2) is 2.89. The van der Waals surface area contributed by atoms with Crippen LogP contribution in [-0.4, -0.2) is 21.3 Å². The van der Waals surface area contributed by atoms with E-state index in [0.717, 1.165) is 0 Å².